The van der Waals surface area contributed by atoms with E-state index >= 15 is 0 Å². The summed E-state index contributed by atoms with van der Waals surface area (Å²) in [6.07, 6.45) is 3.35. The van der Waals surface area contributed by atoms with Crippen LogP contribution in [-0.4, -0.2) is 18.7 Å². The van der Waals surface area contributed by atoms with Crippen molar-refractivity contribution in [3.8, 4) is 5.75 Å². The van der Waals surface area contributed by atoms with Crippen molar-refractivity contribution in [2.75, 3.05) is 6.61 Å². The van der Waals surface area contributed by atoms with E-state index in [1.807, 2.05) is 6.07 Å². The van der Waals surface area contributed by atoms with Gasteiger partial charge in [-0.1, -0.05) is 30.3 Å². The number of hydrogen-bond donors (Lipinski definition) is 2. The molecule has 1 aliphatic heterocycles. The van der Waals surface area contributed by atoms with Gasteiger partial charge in [0.2, 0.25) is 0 Å². The second kappa shape index (κ2) is 8.05. The number of hydrogen-bond acceptors (Lipinski definition) is 4. The van der Waals surface area contributed by atoms with E-state index in [2.05, 4.69) is 16.9 Å². The molecule has 0 unspecified atom stereocenters. The molecule has 138 valence electrons. The van der Waals surface area contributed by atoms with Crippen LogP contribution in [0.25, 0.3) is 5.57 Å². The average molecular weight is 386 g/mol. The quantitative estimate of drug-likeness (QED) is 0.771. The van der Waals surface area contributed by atoms with Crippen LogP contribution >= 0.6 is 11.6 Å². The molecule has 1 heterocycles. The number of nitrogens with one attached hydrogen (secondary N) is 1. The summed E-state index contributed by atoms with van der Waals surface area (Å²) in [5.41, 5.74) is 7.70. The van der Waals surface area contributed by atoms with Crippen LogP contribution in [0.5, 0.6) is 5.75 Å². The minimum atomic E-state index is -0.653. The van der Waals surface area contributed by atoms with Crippen LogP contribution in [0.4, 0.5) is 4.39 Å². The zero-order chi connectivity index (χ0) is 19.4. The van der Waals surface area contributed by atoms with E-state index in [-0.39, 0.29) is 11.4 Å². The van der Waals surface area contributed by atoms with E-state index in [1.165, 1.54) is 24.4 Å². The number of nitrogens with two attached hydrogens (primary N) is 1. The molecule has 5 nitrogen and oxygen atoms in total. The molecular weight excluding hydrogens is 369 g/mol. The summed E-state index contributed by atoms with van der Waals surface area (Å²) in [6.45, 7) is 4.58. The number of allylic oxidation sites excluding steroid dienone is 1. The zero-order valence-electron chi connectivity index (χ0n) is 14.3. The van der Waals surface area contributed by atoms with Crippen LogP contribution in [0.3, 0.4) is 0 Å². The minimum Gasteiger partial charge on any atom is -0.493 e. The number of halogens is 2. The Morgan fingerprint density at radius 3 is 2.85 bits per heavy atom. The van der Waals surface area contributed by atoms with Crippen molar-refractivity contribution in [1.29, 1.82) is 0 Å². The van der Waals surface area contributed by atoms with Crippen LogP contribution in [-0.2, 0) is 6.42 Å². The first-order valence-corrected chi connectivity index (χ1v) is 8.53. The van der Waals surface area contributed by atoms with Gasteiger partial charge in [0.25, 0.3) is 5.91 Å². The van der Waals surface area contributed by atoms with E-state index in [0.29, 0.717) is 22.8 Å². The van der Waals surface area contributed by atoms with Crippen molar-refractivity contribution < 1.29 is 13.9 Å². The summed E-state index contributed by atoms with van der Waals surface area (Å²) in [6, 6.07) is 9.29. The summed E-state index contributed by atoms with van der Waals surface area (Å²) in [5, 5.41) is 2.94. The lowest BCUT2D eigenvalue weighted by Gasteiger charge is -2.08. The Morgan fingerprint density at radius 2 is 2.11 bits per heavy atom. The molecule has 0 aromatic heterocycles. The summed E-state index contributed by atoms with van der Waals surface area (Å²) < 4.78 is 19.2. The van der Waals surface area contributed by atoms with Crippen LogP contribution < -0.4 is 15.8 Å². The third-order valence-electron chi connectivity index (χ3n) is 4.00. The fourth-order valence-electron chi connectivity index (χ4n) is 2.61. The molecule has 0 saturated carbocycles. The van der Waals surface area contributed by atoms with Crippen LogP contribution in [0.1, 0.15) is 21.5 Å². The maximum atomic E-state index is 13.7. The summed E-state index contributed by atoms with van der Waals surface area (Å²) in [4.78, 5) is 16.3. The maximum Gasteiger partial charge on any atom is 0.259 e. The molecule has 7 heteroatoms. The molecule has 3 rings (SSSR count). The van der Waals surface area contributed by atoms with Gasteiger partial charge < -0.3 is 15.8 Å². The fraction of sp³-hybridized carbons (Fsp3) is 0.100. The van der Waals surface area contributed by atoms with Gasteiger partial charge in [0.15, 0.2) is 0 Å². The normalized spacial score (nSPS) is 13.3. The van der Waals surface area contributed by atoms with E-state index < -0.39 is 11.7 Å². The largest absolute Gasteiger partial charge is 0.493 e. The van der Waals surface area contributed by atoms with Gasteiger partial charge in [-0.3, -0.25) is 4.79 Å². The van der Waals surface area contributed by atoms with Crippen molar-refractivity contribution in [3.63, 3.8) is 0 Å². The molecule has 0 radical (unpaired) electrons. The monoisotopic (exact) mass is 385 g/mol. The van der Waals surface area contributed by atoms with E-state index in [1.54, 1.807) is 12.1 Å². The number of carbonyl (C=O) groups is 1. The molecule has 0 spiro atoms. The van der Waals surface area contributed by atoms with E-state index in [4.69, 9.17) is 22.1 Å². The predicted molar refractivity (Wildman–Crippen MR) is 104 cm³/mol. The number of benzene rings is 2. The molecule has 0 saturated heterocycles. The lowest BCUT2D eigenvalue weighted by Crippen LogP contribution is -2.23. The molecule has 0 aliphatic carbocycles. The Hall–Kier alpha value is -3.12. The zero-order valence-corrected chi connectivity index (χ0v) is 15.1. The van der Waals surface area contributed by atoms with E-state index in [0.717, 1.165) is 23.9 Å². The third kappa shape index (κ3) is 4.17. The number of fused-ring (bicyclic) bond motifs is 1. The molecule has 0 bridgehead atoms. The number of amides is 1. The minimum absolute atomic E-state index is 0.0602. The summed E-state index contributed by atoms with van der Waals surface area (Å²) in [5.74, 6) is -0.453. The molecule has 3 N–H and O–H groups in total. The van der Waals surface area contributed by atoms with Crippen molar-refractivity contribution in [3.05, 3.63) is 82.5 Å². The van der Waals surface area contributed by atoms with Gasteiger partial charge in [-0.25, -0.2) is 9.38 Å². The first-order valence-electron chi connectivity index (χ1n) is 8.16. The number of aliphatic imine (C=N–C) groups is 1. The summed E-state index contributed by atoms with van der Waals surface area (Å²) in [7, 11) is 0. The van der Waals surface area contributed by atoms with Crippen molar-refractivity contribution in [2.24, 2.45) is 10.7 Å². The summed E-state index contributed by atoms with van der Waals surface area (Å²) >= 11 is 6.28. The highest BCUT2D eigenvalue weighted by molar-refractivity contribution is 6.34. The third-order valence-corrected chi connectivity index (χ3v) is 4.32. The molecule has 0 fully saturated rings. The SMILES string of the molecule is C=C(/C=N\C(=C/N)NC(=O)c1ccccc1F)c1cc2c(cc1Cl)OCC2. The number of nitrogens with zero attached hydrogens (tertiary/aromatic N) is 1. The standard InChI is InChI=1S/C20H17ClFN3O2/c1-12(15-8-13-6-7-27-18(13)9-16(15)21)11-24-19(10-23)25-20(26)14-4-2-3-5-17(14)22/h2-5,8-11H,1,6-7,23H2,(H,25,26)/b19-10+,24-11-. The molecule has 0 atom stereocenters. The molecule has 2 aromatic rings. The van der Waals surface area contributed by atoms with Crippen molar-refractivity contribution >= 4 is 29.3 Å². The first-order chi connectivity index (χ1) is 13.0. The molecular formula is C20H17ClFN3O2. The second-order valence-electron chi connectivity index (χ2n) is 5.81. The van der Waals surface area contributed by atoms with Crippen LogP contribution in [0.15, 0.2) is 60.0 Å². The van der Waals surface area contributed by atoms with Gasteiger partial charge in [-0.15, -0.1) is 0 Å². The Labute approximate surface area is 161 Å². The van der Waals surface area contributed by atoms with Crippen LogP contribution in [0, 0.1) is 5.82 Å². The maximum absolute atomic E-state index is 13.7. The highest BCUT2D eigenvalue weighted by Crippen LogP contribution is 2.33. The van der Waals surface area contributed by atoms with Gasteiger partial charge in [0, 0.05) is 24.4 Å². The number of carbonyl (C=O) groups excluding carboxylic acids is 1. The molecule has 1 amide bonds. The Balaban J connectivity index is 1.73. The molecule has 1 aliphatic rings. The Morgan fingerprint density at radius 1 is 1.33 bits per heavy atom. The smallest absolute Gasteiger partial charge is 0.259 e. The predicted octanol–water partition coefficient (Wildman–Crippen LogP) is 3.69. The van der Waals surface area contributed by atoms with Gasteiger partial charge in [0.05, 0.1) is 17.2 Å². The number of ether oxygens (including phenoxy) is 1. The van der Waals surface area contributed by atoms with Gasteiger partial charge in [-0.05, 0) is 35.4 Å². The highest BCUT2D eigenvalue weighted by Gasteiger charge is 2.16. The molecule has 2 aromatic carbocycles. The fourth-order valence-corrected chi connectivity index (χ4v) is 2.88. The Kier molecular flexibility index (Phi) is 5.57. The van der Waals surface area contributed by atoms with E-state index in [9.17, 15) is 9.18 Å². The average Bonchev–Trinajstić information content (AvgIpc) is 3.11. The number of rotatable bonds is 5. The lowest BCUT2D eigenvalue weighted by molar-refractivity contribution is 0.0961. The highest BCUT2D eigenvalue weighted by atomic mass is 35.5. The van der Waals surface area contributed by atoms with Gasteiger partial charge in [0.1, 0.15) is 17.4 Å². The molecule has 27 heavy (non-hydrogen) atoms. The van der Waals surface area contributed by atoms with Crippen molar-refractivity contribution in [1.82, 2.24) is 5.32 Å². The first kappa shape index (κ1) is 18.7. The van der Waals surface area contributed by atoms with Gasteiger partial charge >= 0.3 is 0 Å². The Bertz CT molecular complexity index is 970. The van der Waals surface area contributed by atoms with Crippen molar-refractivity contribution in [2.45, 2.75) is 6.42 Å². The van der Waals surface area contributed by atoms with Crippen LogP contribution in [0.2, 0.25) is 5.02 Å². The lowest BCUT2D eigenvalue weighted by atomic mass is 10.0. The topological polar surface area (TPSA) is 76.7 Å². The second-order valence-corrected chi connectivity index (χ2v) is 6.21. The van der Waals surface area contributed by atoms with Gasteiger partial charge in [-0.2, -0.15) is 0 Å².